The van der Waals surface area contributed by atoms with Gasteiger partial charge in [0.25, 0.3) is 0 Å². The van der Waals surface area contributed by atoms with Gasteiger partial charge in [-0.2, -0.15) is 0 Å². The molecule has 0 aromatic carbocycles. The van der Waals surface area contributed by atoms with E-state index in [2.05, 4.69) is 48.5 Å². The van der Waals surface area contributed by atoms with Crippen LogP contribution in [0, 0.1) is 11.3 Å². The molecule has 1 heteroatoms. The third kappa shape index (κ3) is 14.3. The Balaban J connectivity index is -0.000000471. The molecule has 0 aromatic heterocycles. The van der Waals surface area contributed by atoms with Crippen molar-refractivity contribution in [3.05, 3.63) is 0 Å². The predicted molar refractivity (Wildman–Crippen MR) is 114 cm³/mol. The summed E-state index contributed by atoms with van der Waals surface area (Å²) in [5.41, 5.74) is 0.603. The molecule has 0 radical (unpaired) electrons. The standard InChI is InChI=1S/C15H30O.C4H10.2C2H6/c1-6-9-15(10-8-13(3)7-2)11-14(4,5)16-12-15;1-3-4-2;2*1-2/h13H,6-12H2,1-5H3;3-4H2,1-2H3;2*1-2H3. The minimum absolute atomic E-state index is 0.116. The van der Waals surface area contributed by atoms with Crippen LogP contribution < -0.4 is 0 Å². The van der Waals surface area contributed by atoms with Crippen LogP contribution in [-0.4, -0.2) is 12.2 Å². The molecule has 1 saturated heterocycles. The molecule has 0 saturated carbocycles. The van der Waals surface area contributed by atoms with Crippen molar-refractivity contribution in [2.75, 3.05) is 6.61 Å². The van der Waals surface area contributed by atoms with Crippen LogP contribution in [0.1, 0.15) is 128 Å². The molecule has 0 amide bonds. The van der Waals surface area contributed by atoms with Gasteiger partial charge in [-0.05, 0) is 44.4 Å². The summed E-state index contributed by atoms with van der Waals surface area (Å²) in [6.07, 6.45) is 10.6. The zero-order chi connectivity index (χ0) is 19.6. The Morgan fingerprint density at radius 2 is 1.33 bits per heavy atom. The summed E-state index contributed by atoms with van der Waals surface area (Å²) in [4.78, 5) is 0. The van der Waals surface area contributed by atoms with Gasteiger partial charge in [-0.25, -0.2) is 0 Å². The van der Waals surface area contributed by atoms with Gasteiger partial charge in [-0.15, -0.1) is 0 Å². The van der Waals surface area contributed by atoms with E-state index >= 15 is 0 Å². The molecule has 0 bridgehead atoms. The minimum atomic E-state index is 0.116. The third-order valence-corrected chi connectivity index (χ3v) is 4.71. The summed E-state index contributed by atoms with van der Waals surface area (Å²) in [7, 11) is 0. The lowest BCUT2D eigenvalue weighted by Gasteiger charge is -2.29. The molecule has 2 atom stereocenters. The molecule has 0 N–H and O–H groups in total. The fourth-order valence-electron chi connectivity index (χ4n) is 3.09. The molecule has 150 valence electrons. The van der Waals surface area contributed by atoms with Crippen LogP contribution in [0.5, 0.6) is 0 Å². The van der Waals surface area contributed by atoms with Crippen LogP contribution in [-0.2, 0) is 4.74 Å². The molecule has 1 aliphatic rings. The van der Waals surface area contributed by atoms with E-state index < -0.39 is 0 Å². The van der Waals surface area contributed by atoms with E-state index in [9.17, 15) is 0 Å². The van der Waals surface area contributed by atoms with Crippen molar-refractivity contribution in [3.8, 4) is 0 Å². The Hall–Kier alpha value is -0.0400. The van der Waals surface area contributed by atoms with E-state index in [-0.39, 0.29) is 5.60 Å². The highest BCUT2D eigenvalue weighted by atomic mass is 16.5. The van der Waals surface area contributed by atoms with Gasteiger partial charge in [0.1, 0.15) is 0 Å². The second-order valence-electron chi connectivity index (χ2n) is 7.53. The fraction of sp³-hybridized carbons (Fsp3) is 1.00. The van der Waals surface area contributed by atoms with Gasteiger partial charge in [0.15, 0.2) is 0 Å². The maximum Gasteiger partial charge on any atom is 0.0632 e. The van der Waals surface area contributed by atoms with Gasteiger partial charge < -0.3 is 4.74 Å². The molecule has 1 heterocycles. The normalized spacial score (nSPS) is 22.1. The molecule has 0 spiro atoms. The van der Waals surface area contributed by atoms with Crippen LogP contribution in [0.15, 0.2) is 0 Å². The van der Waals surface area contributed by atoms with E-state index in [1.165, 1.54) is 51.4 Å². The lowest BCUT2D eigenvalue weighted by molar-refractivity contribution is 0.0296. The van der Waals surface area contributed by atoms with Crippen molar-refractivity contribution >= 4 is 0 Å². The SMILES string of the molecule is CC.CC.CCCC.CCCC1(CCC(C)CC)COC(C)(C)C1. The molecule has 0 aromatic rings. The molecule has 1 aliphatic heterocycles. The van der Waals surface area contributed by atoms with Crippen molar-refractivity contribution in [2.24, 2.45) is 11.3 Å². The maximum absolute atomic E-state index is 5.97. The van der Waals surface area contributed by atoms with E-state index in [0.29, 0.717) is 5.41 Å². The van der Waals surface area contributed by atoms with Crippen molar-refractivity contribution in [1.82, 2.24) is 0 Å². The van der Waals surface area contributed by atoms with Gasteiger partial charge in [0.05, 0.1) is 12.2 Å². The smallest absolute Gasteiger partial charge is 0.0632 e. The Kier molecular flexibility index (Phi) is 21.3. The second kappa shape index (κ2) is 17.8. The van der Waals surface area contributed by atoms with E-state index in [1.54, 1.807) is 0 Å². The summed E-state index contributed by atoms with van der Waals surface area (Å²) in [5.74, 6) is 0.873. The van der Waals surface area contributed by atoms with Gasteiger partial charge in [-0.3, -0.25) is 0 Å². The Morgan fingerprint density at radius 3 is 1.62 bits per heavy atom. The molecular weight excluding hydrogens is 292 g/mol. The topological polar surface area (TPSA) is 9.23 Å². The minimum Gasteiger partial charge on any atom is -0.375 e. The monoisotopic (exact) mass is 344 g/mol. The van der Waals surface area contributed by atoms with Crippen LogP contribution in [0.4, 0.5) is 0 Å². The lowest BCUT2D eigenvalue weighted by atomic mass is 9.74. The van der Waals surface area contributed by atoms with Gasteiger partial charge in [0, 0.05) is 0 Å². The van der Waals surface area contributed by atoms with Crippen molar-refractivity contribution in [1.29, 1.82) is 0 Å². The summed E-state index contributed by atoms with van der Waals surface area (Å²) in [6.45, 7) is 24.8. The van der Waals surface area contributed by atoms with E-state index in [0.717, 1.165) is 12.5 Å². The molecule has 0 aliphatic carbocycles. The zero-order valence-electron chi connectivity index (χ0n) is 19.3. The predicted octanol–water partition coefficient (Wildman–Crippen LogP) is 8.66. The van der Waals surface area contributed by atoms with Crippen molar-refractivity contribution in [2.45, 2.75) is 133 Å². The molecule has 24 heavy (non-hydrogen) atoms. The summed E-state index contributed by atoms with van der Waals surface area (Å²) in [5, 5.41) is 0. The Bertz CT molecular complexity index is 232. The highest BCUT2D eigenvalue weighted by molar-refractivity contribution is 4.92. The first kappa shape index (κ1) is 28.8. The highest BCUT2D eigenvalue weighted by Gasteiger charge is 2.43. The van der Waals surface area contributed by atoms with Crippen LogP contribution in [0.2, 0.25) is 0 Å². The summed E-state index contributed by atoms with van der Waals surface area (Å²) in [6, 6.07) is 0. The fourth-order valence-corrected chi connectivity index (χ4v) is 3.09. The largest absolute Gasteiger partial charge is 0.375 e. The van der Waals surface area contributed by atoms with Gasteiger partial charge in [-0.1, -0.05) is 94.4 Å². The molecule has 2 unspecified atom stereocenters. The summed E-state index contributed by atoms with van der Waals surface area (Å²) < 4.78 is 5.97. The third-order valence-electron chi connectivity index (χ3n) is 4.71. The first-order valence-corrected chi connectivity index (χ1v) is 11.0. The quantitative estimate of drug-likeness (QED) is 0.449. The zero-order valence-corrected chi connectivity index (χ0v) is 19.3. The van der Waals surface area contributed by atoms with E-state index in [1.807, 2.05) is 27.7 Å². The lowest BCUT2D eigenvalue weighted by Crippen LogP contribution is -2.24. The van der Waals surface area contributed by atoms with Crippen LogP contribution in [0.25, 0.3) is 0 Å². The first-order chi connectivity index (χ1) is 11.3. The molecule has 1 fully saturated rings. The van der Waals surface area contributed by atoms with E-state index in [4.69, 9.17) is 4.74 Å². The average Bonchev–Trinajstić information content (AvgIpc) is 2.92. The Morgan fingerprint density at radius 1 is 0.833 bits per heavy atom. The molecule has 1 rings (SSSR count). The second-order valence-corrected chi connectivity index (χ2v) is 7.53. The first-order valence-electron chi connectivity index (χ1n) is 11.0. The molecular formula is C23H52O. The van der Waals surface area contributed by atoms with Gasteiger partial charge in [0.2, 0.25) is 0 Å². The van der Waals surface area contributed by atoms with Crippen LogP contribution >= 0.6 is 0 Å². The number of hydrogen-bond acceptors (Lipinski definition) is 1. The van der Waals surface area contributed by atoms with Crippen LogP contribution in [0.3, 0.4) is 0 Å². The van der Waals surface area contributed by atoms with Crippen molar-refractivity contribution < 1.29 is 4.74 Å². The van der Waals surface area contributed by atoms with Crippen molar-refractivity contribution in [3.63, 3.8) is 0 Å². The summed E-state index contributed by atoms with van der Waals surface area (Å²) >= 11 is 0. The Labute approximate surface area is 156 Å². The number of ether oxygens (including phenoxy) is 1. The number of unbranched alkanes of at least 4 members (excludes halogenated alkanes) is 1. The number of hydrogen-bond donors (Lipinski definition) is 0. The van der Waals surface area contributed by atoms with Gasteiger partial charge >= 0.3 is 0 Å². The average molecular weight is 345 g/mol. The highest BCUT2D eigenvalue weighted by Crippen LogP contribution is 2.46. The maximum atomic E-state index is 5.97. The molecule has 1 nitrogen and oxygen atoms in total. The number of rotatable bonds is 7.